The minimum atomic E-state index is -0.345. The summed E-state index contributed by atoms with van der Waals surface area (Å²) in [6.45, 7) is 0.486. The average molecular weight is 266 g/mol. The highest BCUT2D eigenvalue weighted by atomic mass is 16.8. The molecule has 3 atom stereocenters. The standard InChI is InChI=1S/C13H18N2O4/c1-17-11-7-10(13(18-2)19-11)8-15-12(16)9-3-5-14-6-4-9/h3-6,10-11,13H,7-8H2,1-2H3,(H,15,16). The maximum Gasteiger partial charge on any atom is 0.251 e. The molecule has 1 saturated heterocycles. The average Bonchev–Trinajstić information content (AvgIpc) is 2.88. The van der Waals surface area contributed by atoms with E-state index in [0.29, 0.717) is 18.5 Å². The maximum atomic E-state index is 11.9. The maximum absolute atomic E-state index is 11.9. The molecule has 1 fully saturated rings. The summed E-state index contributed by atoms with van der Waals surface area (Å²) in [4.78, 5) is 15.8. The van der Waals surface area contributed by atoms with Gasteiger partial charge in [0.2, 0.25) is 0 Å². The number of methoxy groups -OCH3 is 2. The molecule has 104 valence electrons. The van der Waals surface area contributed by atoms with Crippen LogP contribution < -0.4 is 5.32 Å². The van der Waals surface area contributed by atoms with Crippen LogP contribution in [-0.2, 0) is 14.2 Å². The number of pyridine rings is 1. The Morgan fingerprint density at radius 2 is 2.16 bits per heavy atom. The second kappa shape index (κ2) is 6.60. The zero-order valence-corrected chi connectivity index (χ0v) is 11.0. The number of nitrogens with one attached hydrogen (secondary N) is 1. The summed E-state index contributed by atoms with van der Waals surface area (Å²) in [6.07, 6.45) is 3.26. The summed E-state index contributed by atoms with van der Waals surface area (Å²) < 4.78 is 15.9. The lowest BCUT2D eigenvalue weighted by Gasteiger charge is -2.16. The van der Waals surface area contributed by atoms with Crippen molar-refractivity contribution in [2.24, 2.45) is 5.92 Å². The third kappa shape index (κ3) is 3.50. The molecule has 0 spiro atoms. The molecule has 1 aromatic heterocycles. The molecule has 0 bridgehead atoms. The van der Waals surface area contributed by atoms with Crippen LogP contribution in [0.3, 0.4) is 0 Å². The van der Waals surface area contributed by atoms with Crippen LogP contribution in [0.25, 0.3) is 0 Å². The second-order valence-corrected chi connectivity index (χ2v) is 4.35. The summed E-state index contributed by atoms with van der Waals surface area (Å²) in [5, 5.41) is 2.87. The molecule has 1 aliphatic heterocycles. The molecule has 2 heterocycles. The Bertz CT molecular complexity index is 412. The van der Waals surface area contributed by atoms with Gasteiger partial charge < -0.3 is 19.5 Å². The first-order chi connectivity index (χ1) is 9.24. The molecule has 6 nitrogen and oxygen atoms in total. The first-order valence-corrected chi connectivity index (χ1v) is 6.14. The molecule has 1 N–H and O–H groups in total. The molecule has 3 unspecified atom stereocenters. The largest absolute Gasteiger partial charge is 0.356 e. The van der Waals surface area contributed by atoms with E-state index < -0.39 is 0 Å². The molecule has 1 aliphatic rings. The van der Waals surface area contributed by atoms with Crippen molar-refractivity contribution in [2.75, 3.05) is 20.8 Å². The number of amides is 1. The van der Waals surface area contributed by atoms with Crippen molar-refractivity contribution in [3.8, 4) is 0 Å². The van der Waals surface area contributed by atoms with E-state index in [2.05, 4.69) is 10.3 Å². The van der Waals surface area contributed by atoms with E-state index >= 15 is 0 Å². The molecule has 0 aliphatic carbocycles. The number of ether oxygens (including phenoxy) is 3. The van der Waals surface area contributed by atoms with Gasteiger partial charge in [-0.3, -0.25) is 9.78 Å². The van der Waals surface area contributed by atoms with E-state index in [1.807, 2.05) is 0 Å². The normalized spacial score (nSPS) is 26.3. The molecule has 0 saturated carbocycles. The summed E-state index contributed by atoms with van der Waals surface area (Å²) >= 11 is 0. The van der Waals surface area contributed by atoms with E-state index in [1.165, 1.54) is 0 Å². The number of carbonyl (C=O) groups excluding carboxylic acids is 1. The van der Waals surface area contributed by atoms with Gasteiger partial charge in [-0.25, -0.2) is 0 Å². The molecule has 0 radical (unpaired) electrons. The Labute approximate surface area is 112 Å². The second-order valence-electron chi connectivity index (χ2n) is 4.35. The third-order valence-corrected chi connectivity index (χ3v) is 3.13. The fraction of sp³-hybridized carbons (Fsp3) is 0.538. The fourth-order valence-corrected chi connectivity index (χ4v) is 2.08. The quantitative estimate of drug-likeness (QED) is 0.853. The molecule has 19 heavy (non-hydrogen) atoms. The zero-order valence-electron chi connectivity index (χ0n) is 11.0. The van der Waals surface area contributed by atoms with Gasteiger partial charge in [0, 0.05) is 51.1 Å². The minimum Gasteiger partial charge on any atom is -0.356 e. The van der Waals surface area contributed by atoms with E-state index in [1.54, 1.807) is 38.7 Å². The Hall–Kier alpha value is -1.50. The zero-order chi connectivity index (χ0) is 13.7. The number of hydrogen-bond donors (Lipinski definition) is 1. The topological polar surface area (TPSA) is 69.7 Å². The smallest absolute Gasteiger partial charge is 0.251 e. The number of hydrogen-bond acceptors (Lipinski definition) is 5. The first-order valence-electron chi connectivity index (χ1n) is 6.14. The molecule has 1 amide bonds. The van der Waals surface area contributed by atoms with Crippen LogP contribution in [0.4, 0.5) is 0 Å². The van der Waals surface area contributed by atoms with Gasteiger partial charge in [-0.05, 0) is 12.1 Å². The van der Waals surface area contributed by atoms with Crippen LogP contribution in [0.5, 0.6) is 0 Å². The van der Waals surface area contributed by atoms with Crippen molar-refractivity contribution in [2.45, 2.75) is 19.0 Å². The highest BCUT2D eigenvalue weighted by Gasteiger charge is 2.35. The van der Waals surface area contributed by atoms with Crippen molar-refractivity contribution in [1.82, 2.24) is 10.3 Å². The molecule has 0 aromatic carbocycles. The molecule has 1 aromatic rings. The van der Waals surface area contributed by atoms with E-state index in [0.717, 1.165) is 0 Å². The molecular formula is C13H18N2O4. The van der Waals surface area contributed by atoms with Gasteiger partial charge >= 0.3 is 0 Å². The van der Waals surface area contributed by atoms with Gasteiger partial charge in [-0.2, -0.15) is 0 Å². The van der Waals surface area contributed by atoms with Gasteiger partial charge in [0.05, 0.1) is 0 Å². The van der Waals surface area contributed by atoms with Gasteiger partial charge in [0.1, 0.15) is 0 Å². The SMILES string of the molecule is COC1CC(CNC(=O)c2ccncc2)C(OC)O1. The lowest BCUT2D eigenvalue weighted by molar-refractivity contribution is -0.192. The summed E-state index contributed by atoms with van der Waals surface area (Å²) in [5.74, 6) is -0.0427. The Morgan fingerprint density at radius 1 is 1.42 bits per heavy atom. The minimum absolute atomic E-state index is 0.0840. The highest BCUT2D eigenvalue weighted by molar-refractivity contribution is 5.93. The van der Waals surface area contributed by atoms with Gasteiger partial charge in [-0.15, -0.1) is 0 Å². The third-order valence-electron chi connectivity index (χ3n) is 3.13. The van der Waals surface area contributed by atoms with Crippen LogP contribution in [0.2, 0.25) is 0 Å². The van der Waals surface area contributed by atoms with Crippen molar-refractivity contribution >= 4 is 5.91 Å². The number of rotatable bonds is 5. The van der Waals surface area contributed by atoms with E-state index in [-0.39, 0.29) is 24.4 Å². The number of carbonyl (C=O) groups is 1. The van der Waals surface area contributed by atoms with Crippen LogP contribution >= 0.6 is 0 Å². The number of nitrogens with zero attached hydrogens (tertiary/aromatic N) is 1. The van der Waals surface area contributed by atoms with Crippen LogP contribution in [-0.4, -0.2) is 44.2 Å². The van der Waals surface area contributed by atoms with Crippen LogP contribution in [0.15, 0.2) is 24.5 Å². The molecule has 6 heteroatoms. The fourth-order valence-electron chi connectivity index (χ4n) is 2.08. The van der Waals surface area contributed by atoms with Crippen molar-refractivity contribution in [3.05, 3.63) is 30.1 Å². The number of aromatic nitrogens is 1. The summed E-state index contributed by atoms with van der Waals surface area (Å²) in [7, 11) is 3.18. The molecular weight excluding hydrogens is 248 g/mol. The van der Waals surface area contributed by atoms with Gasteiger partial charge in [-0.1, -0.05) is 0 Å². The monoisotopic (exact) mass is 266 g/mol. The van der Waals surface area contributed by atoms with E-state index in [9.17, 15) is 4.79 Å². The molecule has 2 rings (SSSR count). The Kier molecular flexibility index (Phi) is 4.84. The van der Waals surface area contributed by atoms with Crippen molar-refractivity contribution < 1.29 is 19.0 Å². The summed E-state index contributed by atoms with van der Waals surface area (Å²) in [6, 6.07) is 3.35. The van der Waals surface area contributed by atoms with Gasteiger partial charge in [0.25, 0.3) is 5.91 Å². The predicted octanol–water partition coefficient (Wildman–Crippen LogP) is 0.793. The van der Waals surface area contributed by atoms with E-state index in [4.69, 9.17) is 14.2 Å². The van der Waals surface area contributed by atoms with Crippen LogP contribution in [0.1, 0.15) is 16.8 Å². The highest BCUT2D eigenvalue weighted by Crippen LogP contribution is 2.26. The van der Waals surface area contributed by atoms with Crippen molar-refractivity contribution in [3.63, 3.8) is 0 Å². The van der Waals surface area contributed by atoms with Gasteiger partial charge in [0.15, 0.2) is 12.6 Å². The van der Waals surface area contributed by atoms with Crippen molar-refractivity contribution in [1.29, 1.82) is 0 Å². The first kappa shape index (κ1) is 13.9. The van der Waals surface area contributed by atoms with Crippen LogP contribution in [0, 0.1) is 5.92 Å². The Balaban J connectivity index is 1.86. The Morgan fingerprint density at radius 3 is 2.79 bits per heavy atom. The summed E-state index contributed by atoms with van der Waals surface area (Å²) in [5.41, 5.74) is 0.589. The predicted molar refractivity (Wildman–Crippen MR) is 67.4 cm³/mol. The lowest BCUT2D eigenvalue weighted by atomic mass is 10.1. The lowest BCUT2D eigenvalue weighted by Crippen LogP contribution is -2.33.